The monoisotopic (exact) mass is 281 g/mol. The zero-order valence-corrected chi connectivity index (χ0v) is 9.99. The first kappa shape index (κ1) is 13.9. The number of aromatic nitrogens is 4. The highest BCUT2D eigenvalue weighted by Gasteiger charge is 2.15. The molecule has 104 valence electrons. The van der Waals surface area contributed by atoms with Gasteiger partial charge in [-0.25, -0.2) is 8.78 Å². The highest BCUT2D eigenvalue weighted by Crippen LogP contribution is 2.16. The van der Waals surface area contributed by atoms with Gasteiger partial charge in [-0.1, -0.05) is 0 Å². The Kier molecular flexibility index (Phi) is 3.89. The fraction of sp³-hybridized carbons (Fsp3) is 0.182. The van der Waals surface area contributed by atoms with Gasteiger partial charge in [-0.05, 0) is 12.1 Å². The summed E-state index contributed by atoms with van der Waals surface area (Å²) in [5.41, 5.74) is 5.38. The normalized spacial score (nSPS) is 12.2. The van der Waals surface area contributed by atoms with Gasteiger partial charge in [0, 0.05) is 18.1 Å². The second-order valence-electron chi connectivity index (χ2n) is 3.95. The van der Waals surface area contributed by atoms with Crippen molar-refractivity contribution in [1.29, 1.82) is 0 Å². The number of aliphatic carboxylic acids is 1. The zero-order valence-electron chi connectivity index (χ0n) is 9.99. The van der Waals surface area contributed by atoms with Gasteiger partial charge in [0.15, 0.2) is 5.82 Å². The summed E-state index contributed by atoms with van der Waals surface area (Å²) in [6.07, 6.45) is -0.146. The molecule has 20 heavy (non-hydrogen) atoms. The lowest BCUT2D eigenvalue weighted by atomic mass is 10.2. The predicted octanol–water partition coefficient (Wildman–Crippen LogP) is 0.166. The molecular weight excluding hydrogens is 272 g/mol. The first-order chi connectivity index (χ1) is 9.45. The van der Waals surface area contributed by atoms with E-state index in [4.69, 9.17) is 10.8 Å². The quantitative estimate of drug-likeness (QED) is 0.820. The van der Waals surface area contributed by atoms with Crippen LogP contribution in [0.25, 0.3) is 11.4 Å². The highest BCUT2D eigenvalue weighted by atomic mass is 19.1. The number of carboxylic acid groups (broad SMARTS) is 1. The summed E-state index contributed by atoms with van der Waals surface area (Å²) in [7, 11) is 0. The number of halogens is 2. The summed E-state index contributed by atoms with van der Waals surface area (Å²) < 4.78 is 26.1. The van der Waals surface area contributed by atoms with Gasteiger partial charge in [0.1, 0.15) is 17.7 Å². The van der Waals surface area contributed by atoms with E-state index in [-0.39, 0.29) is 23.6 Å². The second kappa shape index (κ2) is 5.61. The Morgan fingerprint density at radius 1 is 1.15 bits per heavy atom. The number of carbonyl (C=O) groups is 1. The average molecular weight is 281 g/mol. The first-order valence-electron chi connectivity index (χ1n) is 5.47. The van der Waals surface area contributed by atoms with Crippen molar-refractivity contribution in [3.63, 3.8) is 0 Å². The van der Waals surface area contributed by atoms with Crippen molar-refractivity contribution in [2.75, 3.05) is 0 Å². The van der Waals surface area contributed by atoms with E-state index < -0.39 is 23.6 Å². The number of carboxylic acids is 1. The van der Waals surface area contributed by atoms with Crippen LogP contribution in [0, 0.1) is 11.6 Å². The average Bonchev–Trinajstić information content (AvgIpc) is 2.38. The van der Waals surface area contributed by atoms with Crippen LogP contribution in [-0.2, 0) is 11.2 Å². The molecule has 7 nitrogen and oxygen atoms in total. The summed E-state index contributed by atoms with van der Waals surface area (Å²) in [6.45, 7) is 0. The molecule has 0 aliphatic carbocycles. The smallest absolute Gasteiger partial charge is 0.320 e. The molecule has 0 fully saturated rings. The Morgan fingerprint density at radius 3 is 2.20 bits per heavy atom. The minimum Gasteiger partial charge on any atom is -0.480 e. The molecule has 0 spiro atoms. The third kappa shape index (κ3) is 3.26. The molecule has 1 aromatic carbocycles. The van der Waals surface area contributed by atoms with Gasteiger partial charge in [0.2, 0.25) is 5.82 Å². The largest absolute Gasteiger partial charge is 0.480 e. The van der Waals surface area contributed by atoms with E-state index >= 15 is 0 Å². The van der Waals surface area contributed by atoms with E-state index in [9.17, 15) is 13.6 Å². The summed E-state index contributed by atoms with van der Waals surface area (Å²) in [5.74, 6) is -2.80. The molecule has 0 aliphatic heterocycles. The number of hydrogen-bond donors (Lipinski definition) is 2. The summed E-state index contributed by atoms with van der Waals surface area (Å²) in [4.78, 5) is 10.6. The molecule has 0 amide bonds. The van der Waals surface area contributed by atoms with E-state index in [1.165, 1.54) is 0 Å². The molecule has 2 aromatic rings. The lowest BCUT2D eigenvalue weighted by Gasteiger charge is -2.04. The van der Waals surface area contributed by atoms with Crippen molar-refractivity contribution in [2.45, 2.75) is 12.5 Å². The predicted molar refractivity (Wildman–Crippen MR) is 62.3 cm³/mol. The van der Waals surface area contributed by atoms with Gasteiger partial charge < -0.3 is 10.8 Å². The van der Waals surface area contributed by atoms with Crippen molar-refractivity contribution in [2.24, 2.45) is 5.73 Å². The number of nitrogens with zero attached hydrogens (tertiary/aromatic N) is 4. The number of nitrogens with two attached hydrogens (primary N) is 1. The zero-order chi connectivity index (χ0) is 14.7. The second-order valence-corrected chi connectivity index (χ2v) is 3.95. The minimum atomic E-state index is -1.20. The molecule has 0 saturated carbocycles. The van der Waals surface area contributed by atoms with Gasteiger partial charge in [-0.2, -0.15) is 0 Å². The van der Waals surface area contributed by atoms with Crippen LogP contribution in [0.1, 0.15) is 5.82 Å². The summed E-state index contributed by atoms with van der Waals surface area (Å²) >= 11 is 0. The van der Waals surface area contributed by atoms with E-state index in [1.54, 1.807) is 0 Å². The van der Waals surface area contributed by atoms with Crippen molar-refractivity contribution in [3.05, 3.63) is 35.7 Å². The Morgan fingerprint density at radius 2 is 1.70 bits per heavy atom. The third-order valence-electron chi connectivity index (χ3n) is 2.36. The third-order valence-corrected chi connectivity index (χ3v) is 2.36. The molecule has 2 rings (SSSR count). The topological polar surface area (TPSA) is 115 Å². The van der Waals surface area contributed by atoms with Crippen LogP contribution in [0.3, 0.4) is 0 Å². The Labute approximate surface area is 111 Å². The van der Waals surface area contributed by atoms with Crippen molar-refractivity contribution in [1.82, 2.24) is 20.4 Å². The molecule has 1 unspecified atom stereocenters. The number of hydrogen-bond acceptors (Lipinski definition) is 6. The molecule has 0 bridgehead atoms. The SMILES string of the molecule is NC(Cc1nnc(-c2cc(F)cc(F)c2)nn1)C(=O)O. The maximum Gasteiger partial charge on any atom is 0.320 e. The molecule has 0 radical (unpaired) electrons. The summed E-state index contributed by atoms with van der Waals surface area (Å²) in [5, 5.41) is 23.2. The van der Waals surface area contributed by atoms with Crippen LogP contribution >= 0.6 is 0 Å². The van der Waals surface area contributed by atoms with Crippen molar-refractivity contribution < 1.29 is 18.7 Å². The van der Waals surface area contributed by atoms with Crippen LogP contribution in [0.5, 0.6) is 0 Å². The Balaban J connectivity index is 2.21. The molecule has 9 heteroatoms. The van der Waals surface area contributed by atoms with Gasteiger partial charge in [0.25, 0.3) is 0 Å². The molecule has 1 heterocycles. The van der Waals surface area contributed by atoms with Crippen LogP contribution in [0.4, 0.5) is 8.78 Å². The lowest BCUT2D eigenvalue weighted by Crippen LogP contribution is -2.33. The van der Waals surface area contributed by atoms with Crippen LogP contribution in [0.2, 0.25) is 0 Å². The molecular formula is C11H9F2N5O2. The maximum atomic E-state index is 13.0. The summed E-state index contributed by atoms with van der Waals surface area (Å²) in [6, 6.07) is 1.61. The molecule has 0 saturated heterocycles. The van der Waals surface area contributed by atoms with Crippen molar-refractivity contribution in [3.8, 4) is 11.4 Å². The molecule has 1 aromatic heterocycles. The van der Waals surface area contributed by atoms with Gasteiger partial charge in [-0.3, -0.25) is 4.79 Å². The van der Waals surface area contributed by atoms with E-state index in [2.05, 4.69) is 20.4 Å². The Hall–Kier alpha value is -2.55. The first-order valence-corrected chi connectivity index (χ1v) is 5.47. The van der Waals surface area contributed by atoms with Crippen LogP contribution in [-0.4, -0.2) is 37.5 Å². The van der Waals surface area contributed by atoms with Gasteiger partial charge in [-0.15, -0.1) is 20.4 Å². The number of rotatable bonds is 4. The minimum absolute atomic E-state index is 0.0283. The van der Waals surface area contributed by atoms with Crippen LogP contribution < -0.4 is 5.73 Å². The molecule has 1 atom stereocenters. The standard InChI is InChI=1S/C11H9F2N5O2/c12-6-1-5(2-7(13)3-6)10-17-15-9(16-18-10)4-8(14)11(19)20/h1-3,8H,4,14H2,(H,19,20). The van der Waals surface area contributed by atoms with E-state index in [0.29, 0.717) is 6.07 Å². The number of benzene rings is 1. The fourth-order valence-corrected chi connectivity index (χ4v) is 1.41. The fourth-order valence-electron chi connectivity index (χ4n) is 1.41. The van der Waals surface area contributed by atoms with Gasteiger partial charge in [0.05, 0.1) is 0 Å². The highest BCUT2D eigenvalue weighted by molar-refractivity contribution is 5.73. The van der Waals surface area contributed by atoms with Gasteiger partial charge >= 0.3 is 5.97 Å². The van der Waals surface area contributed by atoms with Crippen LogP contribution in [0.15, 0.2) is 18.2 Å². The molecule has 3 N–H and O–H groups in total. The van der Waals surface area contributed by atoms with E-state index in [0.717, 1.165) is 12.1 Å². The maximum absolute atomic E-state index is 13.0. The van der Waals surface area contributed by atoms with E-state index in [1.807, 2.05) is 0 Å². The molecule has 0 aliphatic rings. The lowest BCUT2D eigenvalue weighted by molar-refractivity contribution is -0.138. The Bertz CT molecular complexity index is 615. The van der Waals surface area contributed by atoms with Crippen molar-refractivity contribution >= 4 is 5.97 Å².